The summed E-state index contributed by atoms with van der Waals surface area (Å²) in [5.74, 6) is 0.977. The molecule has 0 N–H and O–H groups in total. The second-order valence-corrected chi connectivity index (χ2v) is 9.09. The Kier molecular flexibility index (Phi) is 5.94. The smallest absolute Gasteiger partial charge is 0.230 e. The zero-order valence-corrected chi connectivity index (χ0v) is 18.6. The summed E-state index contributed by atoms with van der Waals surface area (Å²) in [5, 5.41) is 0. The molecule has 0 aliphatic carbocycles. The first-order valence-electron chi connectivity index (χ1n) is 11.0. The average molecular weight is 422 g/mol. The Morgan fingerprint density at radius 3 is 2.52 bits per heavy atom. The lowest BCUT2D eigenvalue weighted by Gasteiger charge is -2.34. The number of rotatable bonds is 4. The fraction of sp³-hybridized carbons (Fsp3) is 0.500. The van der Waals surface area contributed by atoms with Gasteiger partial charge in [0.1, 0.15) is 0 Å². The van der Waals surface area contributed by atoms with E-state index in [4.69, 9.17) is 0 Å². The molecular weight excluding hydrogens is 390 g/mol. The molecule has 31 heavy (non-hydrogen) atoms. The molecule has 0 bridgehead atoms. The van der Waals surface area contributed by atoms with E-state index in [0.717, 1.165) is 18.4 Å². The summed E-state index contributed by atoms with van der Waals surface area (Å²) >= 11 is 0. The largest absolute Gasteiger partial charge is 0.348 e. The van der Waals surface area contributed by atoms with Crippen molar-refractivity contribution < 1.29 is 9.59 Å². The zero-order chi connectivity index (χ0) is 22.0. The Morgan fingerprint density at radius 1 is 1.13 bits per heavy atom. The quantitative estimate of drug-likeness (QED) is 0.757. The van der Waals surface area contributed by atoms with E-state index >= 15 is 0 Å². The summed E-state index contributed by atoms with van der Waals surface area (Å²) in [6.45, 7) is 4.61. The van der Waals surface area contributed by atoms with Gasteiger partial charge >= 0.3 is 0 Å². The molecule has 3 heterocycles. The maximum absolute atomic E-state index is 13.4. The van der Waals surface area contributed by atoms with Crippen molar-refractivity contribution in [3.05, 3.63) is 53.9 Å². The third kappa shape index (κ3) is 4.27. The van der Waals surface area contributed by atoms with E-state index in [2.05, 4.69) is 14.9 Å². The topological polar surface area (TPSA) is 69.6 Å². The Bertz CT molecular complexity index is 931. The Labute approximate surface area is 184 Å². The van der Waals surface area contributed by atoms with Crippen LogP contribution in [0.1, 0.15) is 24.0 Å². The van der Waals surface area contributed by atoms with Crippen LogP contribution in [-0.4, -0.2) is 71.9 Å². The zero-order valence-electron chi connectivity index (χ0n) is 18.6. The van der Waals surface area contributed by atoms with Crippen LogP contribution in [0.2, 0.25) is 0 Å². The van der Waals surface area contributed by atoms with Crippen molar-refractivity contribution in [2.75, 3.05) is 45.2 Å². The minimum Gasteiger partial charge on any atom is -0.348 e. The molecule has 2 amide bonds. The molecule has 2 aliphatic rings. The van der Waals surface area contributed by atoms with Gasteiger partial charge in [-0.3, -0.25) is 9.59 Å². The van der Waals surface area contributed by atoms with Gasteiger partial charge in [-0.1, -0.05) is 29.8 Å². The van der Waals surface area contributed by atoms with E-state index < -0.39 is 5.41 Å². The third-order valence-electron chi connectivity index (χ3n) is 6.68. The molecular formula is C24H31N5O2. The first-order valence-corrected chi connectivity index (χ1v) is 11.0. The molecule has 2 aliphatic heterocycles. The summed E-state index contributed by atoms with van der Waals surface area (Å²) in [6, 6.07) is 9.93. The van der Waals surface area contributed by atoms with Crippen molar-refractivity contribution in [2.45, 2.75) is 26.2 Å². The minimum atomic E-state index is -0.512. The van der Waals surface area contributed by atoms with Crippen molar-refractivity contribution in [2.24, 2.45) is 11.3 Å². The molecule has 2 fully saturated rings. The van der Waals surface area contributed by atoms with E-state index in [9.17, 15) is 9.59 Å². The number of hydrogen-bond acceptors (Lipinski definition) is 5. The van der Waals surface area contributed by atoms with Gasteiger partial charge in [0.15, 0.2) is 0 Å². The normalized spacial score (nSPS) is 23.3. The Balaban J connectivity index is 1.56. The number of nitrogens with zero attached hydrogens (tertiary/aromatic N) is 5. The minimum absolute atomic E-state index is 0.0515. The average Bonchev–Trinajstić information content (AvgIpc) is 3.04. The monoisotopic (exact) mass is 421 g/mol. The Hall–Kier alpha value is -2.96. The summed E-state index contributed by atoms with van der Waals surface area (Å²) in [7, 11) is 3.64. The molecule has 2 saturated heterocycles. The molecule has 2 atom stereocenters. The van der Waals surface area contributed by atoms with Crippen molar-refractivity contribution in [1.29, 1.82) is 0 Å². The van der Waals surface area contributed by atoms with Gasteiger partial charge in [0.25, 0.3) is 0 Å². The molecule has 4 rings (SSSR count). The standard InChI is InChI=1S/C24H31N5O2/c1-18-6-8-19(9-7-18)14-21(30)28-13-4-10-24(22(31)27(2)3)17-29(16-20(24)15-28)23-25-11-5-12-26-23/h5-9,11-12,20H,4,10,13-17H2,1-3H3/t20-,24-/m0/s1. The van der Waals surface area contributed by atoms with Crippen molar-refractivity contribution in [3.63, 3.8) is 0 Å². The molecule has 1 aromatic carbocycles. The fourth-order valence-electron chi connectivity index (χ4n) is 5.05. The highest BCUT2D eigenvalue weighted by Crippen LogP contribution is 2.44. The molecule has 7 nitrogen and oxygen atoms in total. The molecule has 0 spiro atoms. The van der Waals surface area contributed by atoms with Gasteiger partial charge < -0.3 is 14.7 Å². The van der Waals surface area contributed by atoms with Gasteiger partial charge in [0, 0.05) is 58.6 Å². The van der Waals surface area contributed by atoms with E-state index in [1.807, 2.05) is 50.2 Å². The van der Waals surface area contributed by atoms with Gasteiger partial charge in [-0.2, -0.15) is 0 Å². The second-order valence-electron chi connectivity index (χ2n) is 9.09. The van der Waals surface area contributed by atoms with E-state index in [0.29, 0.717) is 38.5 Å². The SMILES string of the molecule is Cc1ccc(CC(=O)N2CCC[C@]3(C(=O)N(C)C)CN(c4ncccn4)C[C@@H]3C2)cc1. The fourth-order valence-corrected chi connectivity index (χ4v) is 5.05. The summed E-state index contributed by atoms with van der Waals surface area (Å²) in [5.41, 5.74) is 1.70. The number of fused-ring (bicyclic) bond motifs is 1. The maximum Gasteiger partial charge on any atom is 0.230 e. The number of aryl methyl sites for hydroxylation is 1. The first-order chi connectivity index (χ1) is 14.9. The molecule has 0 unspecified atom stereocenters. The maximum atomic E-state index is 13.4. The van der Waals surface area contributed by atoms with Crippen LogP contribution in [-0.2, 0) is 16.0 Å². The Morgan fingerprint density at radius 2 is 1.84 bits per heavy atom. The summed E-state index contributed by atoms with van der Waals surface area (Å²) in [4.78, 5) is 41.1. The summed E-state index contributed by atoms with van der Waals surface area (Å²) < 4.78 is 0. The van der Waals surface area contributed by atoms with Crippen molar-refractivity contribution >= 4 is 17.8 Å². The van der Waals surface area contributed by atoms with Crippen LogP contribution in [0.4, 0.5) is 5.95 Å². The van der Waals surface area contributed by atoms with Gasteiger partial charge in [-0.15, -0.1) is 0 Å². The van der Waals surface area contributed by atoms with Gasteiger partial charge in [-0.05, 0) is 31.4 Å². The highest BCUT2D eigenvalue weighted by Gasteiger charge is 2.54. The number of carbonyl (C=O) groups is 2. The number of anilines is 1. The van der Waals surface area contributed by atoms with Gasteiger partial charge in [0.2, 0.25) is 17.8 Å². The van der Waals surface area contributed by atoms with Crippen LogP contribution in [0.5, 0.6) is 0 Å². The molecule has 7 heteroatoms. The van der Waals surface area contributed by atoms with Gasteiger partial charge in [-0.25, -0.2) is 9.97 Å². The van der Waals surface area contributed by atoms with E-state index in [1.54, 1.807) is 23.4 Å². The number of hydrogen-bond donors (Lipinski definition) is 0. The number of aromatic nitrogens is 2. The van der Waals surface area contributed by atoms with Crippen LogP contribution in [0.15, 0.2) is 42.7 Å². The van der Waals surface area contributed by atoms with Gasteiger partial charge in [0.05, 0.1) is 11.8 Å². The van der Waals surface area contributed by atoms with E-state index in [1.165, 1.54) is 5.56 Å². The first kappa shape index (κ1) is 21.3. The second kappa shape index (κ2) is 8.65. The summed E-state index contributed by atoms with van der Waals surface area (Å²) in [6.07, 6.45) is 5.45. The third-order valence-corrected chi connectivity index (χ3v) is 6.68. The number of benzene rings is 1. The molecule has 1 aromatic heterocycles. The lowest BCUT2D eigenvalue weighted by atomic mass is 9.74. The van der Waals surface area contributed by atoms with Crippen LogP contribution >= 0.6 is 0 Å². The molecule has 0 radical (unpaired) electrons. The molecule has 0 saturated carbocycles. The molecule has 2 aromatic rings. The number of likely N-dealkylation sites (tertiary alicyclic amines) is 1. The number of carbonyl (C=O) groups excluding carboxylic acids is 2. The van der Waals surface area contributed by atoms with E-state index in [-0.39, 0.29) is 17.7 Å². The highest BCUT2D eigenvalue weighted by molar-refractivity contribution is 5.85. The van der Waals surface area contributed by atoms with Crippen LogP contribution in [0, 0.1) is 18.3 Å². The lowest BCUT2D eigenvalue weighted by molar-refractivity contribution is -0.142. The van der Waals surface area contributed by atoms with Crippen LogP contribution in [0.25, 0.3) is 0 Å². The highest BCUT2D eigenvalue weighted by atomic mass is 16.2. The van der Waals surface area contributed by atoms with Crippen molar-refractivity contribution in [3.8, 4) is 0 Å². The predicted octanol–water partition coefficient (Wildman–Crippen LogP) is 2.16. The predicted molar refractivity (Wildman–Crippen MR) is 120 cm³/mol. The lowest BCUT2D eigenvalue weighted by Crippen LogP contribution is -2.47. The molecule has 164 valence electrons. The number of amides is 2. The van der Waals surface area contributed by atoms with Crippen molar-refractivity contribution in [1.82, 2.24) is 19.8 Å². The van der Waals surface area contributed by atoms with Crippen LogP contribution in [0.3, 0.4) is 0 Å². The van der Waals surface area contributed by atoms with Crippen LogP contribution < -0.4 is 4.90 Å².